The van der Waals surface area contributed by atoms with Crippen LogP contribution in [-0.2, 0) is 45.8 Å². The van der Waals surface area contributed by atoms with E-state index >= 15 is 4.79 Å². The van der Waals surface area contributed by atoms with Crippen LogP contribution < -0.4 is 9.64 Å². The molecule has 60 heavy (non-hydrogen) atoms. The predicted octanol–water partition coefficient (Wildman–Crippen LogP) is 4.14. The van der Waals surface area contributed by atoms with E-state index in [2.05, 4.69) is 41.2 Å². The van der Waals surface area contributed by atoms with Gasteiger partial charge < -0.3 is 43.5 Å². The molecule has 322 valence electrons. The van der Waals surface area contributed by atoms with Crippen LogP contribution in [-0.4, -0.2) is 140 Å². The number of aliphatic hydroxyl groups is 2. The van der Waals surface area contributed by atoms with Gasteiger partial charge >= 0.3 is 17.9 Å². The van der Waals surface area contributed by atoms with Crippen molar-refractivity contribution in [1.29, 1.82) is 0 Å². The van der Waals surface area contributed by atoms with Crippen molar-refractivity contribution in [2.24, 2.45) is 11.3 Å². The molecule has 10 atom stereocenters. The molecule has 0 amide bonds. The molecule has 2 bridgehead atoms. The summed E-state index contributed by atoms with van der Waals surface area (Å²) >= 11 is 0. The molecule has 13 nitrogen and oxygen atoms in total. The van der Waals surface area contributed by atoms with Crippen molar-refractivity contribution in [3.63, 3.8) is 0 Å². The van der Waals surface area contributed by atoms with Gasteiger partial charge in [0, 0.05) is 83.6 Å². The number of nitrogens with zero attached hydrogens (tertiary/aromatic N) is 3. The number of benzene rings is 2. The Morgan fingerprint density at radius 3 is 2.42 bits per heavy atom. The van der Waals surface area contributed by atoms with Crippen molar-refractivity contribution in [2.45, 2.75) is 99.5 Å². The van der Waals surface area contributed by atoms with E-state index in [-0.39, 0.29) is 12.0 Å². The van der Waals surface area contributed by atoms with Gasteiger partial charge in [-0.2, -0.15) is 0 Å². The molecule has 1 aromatic heterocycles. The van der Waals surface area contributed by atoms with Crippen LogP contribution >= 0.6 is 0 Å². The Balaban J connectivity index is 1.37. The van der Waals surface area contributed by atoms with Crippen LogP contribution in [0.3, 0.4) is 0 Å². The number of likely N-dealkylation sites (N-methyl/N-ethyl adjacent to an activating group) is 2. The third-order valence-electron chi connectivity index (χ3n) is 16.2. The number of rotatable bonds is 7. The number of anilines is 1. The number of carbonyl (C=O) groups excluding carboxylic acids is 3. The van der Waals surface area contributed by atoms with Crippen LogP contribution in [0.25, 0.3) is 10.9 Å². The Morgan fingerprint density at radius 1 is 0.983 bits per heavy atom. The maximum Gasteiger partial charge on any atom is 0.344 e. The first-order valence-corrected chi connectivity index (χ1v) is 21.7. The van der Waals surface area contributed by atoms with Crippen LogP contribution in [0.15, 0.2) is 48.6 Å². The van der Waals surface area contributed by atoms with Gasteiger partial charge in [-0.1, -0.05) is 44.2 Å². The topological polar surface area (TPSA) is 151 Å². The number of methoxy groups -OCH3 is 3. The average molecular weight is 826 g/mol. The Hall–Kier alpha value is -4.43. The first kappa shape index (κ1) is 40.9. The SMILES string of the molecule is CC[C@]1(O)C[C@H]2C[C@](C(=O)OC)(c3cc4c(cc3OC)N(C)[C@H]3[C@@](O)(C(=O)OC)[C@H](OC(C)=O)[C@]5(CC)C=CCN6CC[C@]43[C@@H]65)c3[nH]c4ccccc4c3CC[N+](C)(C2)C1. The van der Waals surface area contributed by atoms with E-state index in [0.29, 0.717) is 74.0 Å². The number of aromatic nitrogens is 1. The largest absolute Gasteiger partial charge is 0.496 e. The number of hydrogen-bond donors (Lipinski definition) is 3. The fourth-order valence-corrected chi connectivity index (χ4v) is 14.2. The molecule has 1 unspecified atom stereocenters. The summed E-state index contributed by atoms with van der Waals surface area (Å²) < 4.78 is 24.7. The van der Waals surface area contributed by atoms with Gasteiger partial charge in [0.05, 0.1) is 47.5 Å². The predicted molar refractivity (Wildman–Crippen MR) is 225 cm³/mol. The summed E-state index contributed by atoms with van der Waals surface area (Å²) in [5.74, 6) is -1.53. The Morgan fingerprint density at radius 2 is 1.73 bits per heavy atom. The third kappa shape index (κ3) is 5.21. The number of H-pyrrole nitrogens is 1. The Kier molecular flexibility index (Phi) is 9.41. The molecule has 3 aromatic rings. The fraction of sp³-hybridized carbons (Fsp3) is 0.596. The molecule has 6 aliphatic rings. The van der Waals surface area contributed by atoms with E-state index in [9.17, 15) is 19.8 Å². The smallest absolute Gasteiger partial charge is 0.344 e. The van der Waals surface area contributed by atoms with Gasteiger partial charge in [-0.05, 0) is 61.9 Å². The van der Waals surface area contributed by atoms with Crippen molar-refractivity contribution in [3.8, 4) is 5.75 Å². The van der Waals surface area contributed by atoms with Gasteiger partial charge in [0.2, 0.25) is 5.60 Å². The summed E-state index contributed by atoms with van der Waals surface area (Å²) in [4.78, 5) is 51.0. The Labute approximate surface area is 352 Å². The Bertz CT molecular complexity index is 2310. The number of carbonyl (C=O) groups is 3. The van der Waals surface area contributed by atoms with E-state index < -0.39 is 57.5 Å². The standard InChI is InChI=1S/C47H61N4O9/c1-9-43(55)24-29-25-46(41(53)58-7,37-31(16-21-51(5,26-29)27-43)30-14-11-12-15-34(30)48-37)33-22-32-35(23-36(33)57-6)49(4)39-45(32)18-20-50-19-13-17-44(10-2,38(45)50)40(60-28(3)52)47(39,56)42(54)59-8/h11-15,17,22-23,29,38-40,48,55-56H,9-10,16,18-21,24-27H2,1-8H3/q+1/t29-,38-,39+,40+,43-,44+,45+,46-,47-,51?/m0/s1. The highest BCUT2D eigenvalue weighted by atomic mass is 16.6. The lowest BCUT2D eigenvalue weighted by atomic mass is 9.47. The fourth-order valence-electron chi connectivity index (χ4n) is 14.2. The van der Waals surface area contributed by atoms with Gasteiger partial charge in [-0.25, -0.2) is 4.79 Å². The summed E-state index contributed by atoms with van der Waals surface area (Å²) in [6, 6.07) is 11.0. The zero-order chi connectivity index (χ0) is 42.8. The van der Waals surface area contributed by atoms with Crippen molar-refractivity contribution in [3.05, 3.63) is 70.9 Å². The molecule has 1 spiro atoms. The molecule has 6 heterocycles. The normalized spacial score (nSPS) is 37.8. The van der Waals surface area contributed by atoms with Crippen molar-refractivity contribution in [2.75, 3.05) is 73.0 Å². The number of piperidine rings is 1. The lowest BCUT2D eigenvalue weighted by molar-refractivity contribution is -0.924. The molecule has 1 aliphatic carbocycles. The molecule has 2 aromatic carbocycles. The number of para-hydroxylation sites is 1. The summed E-state index contributed by atoms with van der Waals surface area (Å²) in [5, 5.41) is 26.6. The van der Waals surface area contributed by atoms with Crippen molar-refractivity contribution in [1.82, 2.24) is 9.88 Å². The number of ether oxygens (including phenoxy) is 4. The van der Waals surface area contributed by atoms with Gasteiger partial charge in [0.25, 0.3) is 0 Å². The van der Waals surface area contributed by atoms with Crippen molar-refractivity contribution >= 4 is 34.5 Å². The van der Waals surface area contributed by atoms with E-state index in [1.807, 2.05) is 50.1 Å². The first-order valence-electron chi connectivity index (χ1n) is 21.7. The minimum absolute atomic E-state index is 0.0847. The third-order valence-corrected chi connectivity index (χ3v) is 16.2. The van der Waals surface area contributed by atoms with E-state index in [1.165, 1.54) is 21.1 Å². The molecular weight excluding hydrogens is 765 g/mol. The second kappa shape index (κ2) is 13.8. The minimum atomic E-state index is -2.30. The highest BCUT2D eigenvalue weighted by Crippen LogP contribution is 2.68. The summed E-state index contributed by atoms with van der Waals surface area (Å²) in [6.45, 7) is 8.86. The molecular formula is C47H61N4O9+. The van der Waals surface area contributed by atoms with Gasteiger partial charge in [0.1, 0.15) is 23.3 Å². The number of quaternary nitrogens is 1. The number of aromatic amines is 1. The van der Waals surface area contributed by atoms with E-state index in [4.69, 9.17) is 18.9 Å². The molecule has 1 saturated carbocycles. The van der Waals surface area contributed by atoms with E-state index in [1.54, 1.807) is 7.11 Å². The maximum atomic E-state index is 15.4. The van der Waals surface area contributed by atoms with Gasteiger partial charge in [0.15, 0.2) is 6.10 Å². The van der Waals surface area contributed by atoms with Crippen LogP contribution in [0, 0.1) is 11.3 Å². The van der Waals surface area contributed by atoms with Crippen LogP contribution in [0.2, 0.25) is 0 Å². The first-order chi connectivity index (χ1) is 28.6. The number of nitrogens with one attached hydrogen (secondary N) is 1. The average Bonchev–Trinajstić information content (AvgIpc) is 3.89. The quantitative estimate of drug-likeness (QED) is 0.137. The number of hydrogen-bond acceptors (Lipinski definition) is 11. The number of fused-ring (bicyclic) bond motifs is 6. The van der Waals surface area contributed by atoms with Crippen molar-refractivity contribution < 1.29 is 48.0 Å². The maximum absolute atomic E-state index is 15.4. The summed E-state index contributed by atoms with van der Waals surface area (Å²) in [5.41, 5.74) is -1.57. The molecule has 9 rings (SSSR count). The molecule has 0 radical (unpaired) electrons. The summed E-state index contributed by atoms with van der Waals surface area (Å²) in [6.07, 6.45) is 6.01. The van der Waals surface area contributed by atoms with Crippen LogP contribution in [0.5, 0.6) is 5.75 Å². The monoisotopic (exact) mass is 825 g/mol. The lowest BCUT2D eigenvalue weighted by Crippen LogP contribution is -2.81. The number of esters is 3. The molecule has 2 saturated heterocycles. The highest BCUT2D eigenvalue weighted by molar-refractivity contribution is 5.95. The zero-order valence-electron chi connectivity index (χ0n) is 36.3. The highest BCUT2D eigenvalue weighted by Gasteiger charge is 2.80. The van der Waals surface area contributed by atoms with Crippen LogP contribution in [0.4, 0.5) is 5.69 Å². The molecule has 3 N–H and O–H groups in total. The van der Waals surface area contributed by atoms with Gasteiger partial charge in [-0.15, -0.1) is 0 Å². The zero-order valence-corrected chi connectivity index (χ0v) is 36.3. The van der Waals surface area contributed by atoms with Gasteiger partial charge in [-0.3, -0.25) is 14.5 Å². The molecule has 3 fully saturated rings. The lowest BCUT2D eigenvalue weighted by Gasteiger charge is -2.63. The second-order valence-corrected chi connectivity index (χ2v) is 19.2. The van der Waals surface area contributed by atoms with Crippen LogP contribution in [0.1, 0.15) is 75.3 Å². The molecule has 5 aliphatic heterocycles. The summed E-state index contributed by atoms with van der Waals surface area (Å²) in [7, 11) is 8.41. The second-order valence-electron chi connectivity index (χ2n) is 19.2. The molecule has 13 heteroatoms. The minimum Gasteiger partial charge on any atom is -0.496 e. The van der Waals surface area contributed by atoms with E-state index in [0.717, 1.165) is 46.5 Å².